The molecule has 2 rings (SSSR count). The molecule has 8 nitrogen and oxygen atoms in total. The molecule has 0 aromatic heterocycles. The van der Waals surface area contributed by atoms with Crippen molar-refractivity contribution in [1.82, 2.24) is 5.32 Å². The molecule has 0 aliphatic carbocycles. The molecule has 1 heterocycles. The Bertz CT molecular complexity index is 787. The minimum absolute atomic E-state index is 0.134. The van der Waals surface area contributed by atoms with Crippen molar-refractivity contribution in [2.24, 2.45) is 0 Å². The van der Waals surface area contributed by atoms with Gasteiger partial charge in [0.25, 0.3) is 5.91 Å². The van der Waals surface area contributed by atoms with Gasteiger partial charge in [-0.3, -0.25) is 9.59 Å². The molecule has 30 heavy (non-hydrogen) atoms. The molecule has 1 aliphatic rings. The fraction of sp³-hybridized carbons (Fsp3) is 0.412. The van der Waals surface area contributed by atoms with Gasteiger partial charge in [0, 0.05) is 30.0 Å². The number of carbonyl (C=O) groups is 4. The number of rotatable bonds is 8. The van der Waals surface area contributed by atoms with Crippen molar-refractivity contribution >= 4 is 45.4 Å². The van der Waals surface area contributed by atoms with Crippen molar-refractivity contribution < 1.29 is 47.3 Å². The number of fused-ring (bicyclic) bond motifs is 1. The number of aliphatic carboxylic acids is 2. The van der Waals surface area contributed by atoms with Gasteiger partial charge in [0.2, 0.25) is 0 Å². The maximum atomic E-state index is 12.1. The number of esters is 1. The molecule has 1 amide bonds. The number of cyclic esters (lactones) is 1. The largest absolute Gasteiger partial charge is 0.490 e. The minimum atomic E-state index is -5.08. The summed E-state index contributed by atoms with van der Waals surface area (Å²) in [6.07, 6.45) is -4.28. The lowest BCUT2D eigenvalue weighted by Gasteiger charge is -2.16. The Labute approximate surface area is 176 Å². The highest BCUT2D eigenvalue weighted by molar-refractivity contribution is 8.76. The number of amides is 1. The van der Waals surface area contributed by atoms with Crippen molar-refractivity contribution in [2.75, 3.05) is 24.7 Å². The number of nitrogens with one attached hydrogen (secondary N) is 1. The molecule has 1 aliphatic heterocycles. The summed E-state index contributed by atoms with van der Waals surface area (Å²) in [5, 5.41) is 18.4. The van der Waals surface area contributed by atoms with E-state index < -0.39 is 18.1 Å². The second-order valence-corrected chi connectivity index (χ2v) is 8.31. The number of halogens is 3. The molecule has 1 aromatic carbocycles. The fourth-order valence-corrected chi connectivity index (χ4v) is 3.90. The van der Waals surface area contributed by atoms with Crippen LogP contribution in [0.3, 0.4) is 0 Å². The van der Waals surface area contributed by atoms with Crippen LogP contribution in [0.25, 0.3) is 0 Å². The summed E-state index contributed by atoms with van der Waals surface area (Å²) < 4.78 is 36.7. The van der Waals surface area contributed by atoms with Crippen LogP contribution in [-0.4, -0.2) is 64.9 Å². The van der Waals surface area contributed by atoms with Crippen LogP contribution in [0.5, 0.6) is 0 Å². The number of carboxylic acid groups (broad SMARTS) is 2. The molecule has 0 radical (unpaired) electrons. The minimum Gasteiger partial charge on any atom is -0.481 e. The fourth-order valence-electron chi connectivity index (χ4n) is 2.01. The number of carbonyl (C=O) groups excluding carboxylic acids is 2. The van der Waals surface area contributed by atoms with Gasteiger partial charge in [-0.1, -0.05) is 27.7 Å². The quantitative estimate of drug-likeness (QED) is 0.299. The molecule has 0 bridgehead atoms. The zero-order valence-electron chi connectivity index (χ0n) is 15.4. The van der Waals surface area contributed by atoms with Crippen LogP contribution in [0.2, 0.25) is 0 Å². The zero-order chi connectivity index (χ0) is 22.7. The average Bonchev–Trinajstić information content (AvgIpc) is 2.66. The summed E-state index contributed by atoms with van der Waals surface area (Å²) in [4.78, 5) is 43.0. The number of carboxylic acids is 2. The third-order valence-electron chi connectivity index (χ3n) is 3.39. The second kappa shape index (κ2) is 12.3. The highest BCUT2D eigenvalue weighted by Crippen LogP contribution is 2.21. The Morgan fingerprint density at radius 3 is 2.37 bits per heavy atom. The predicted molar refractivity (Wildman–Crippen MR) is 104 cm³/mol. The summed E-state index contributed by atoms with van der Waals surface area (Å²) in [5.41, 5.74) is 1.80. The molecular formula is C17H18F3NO7S2. The first-order valence-corrected chi connectivity index (χ1v) is 10.9. The standard InChI is InChI=1S/C15H17NO5S2.C2HF3O2/c17-13(18)4-7-22-23-8-5-16-14(19)11-2-1-10-3-6-21-15(20)12(10)9-11;3-2(4,5)1(6)7/h1-2,9H,3-8H2,(H,16,19)(H,17,18);(H,6,7). The Morgan fingerprint density at radius 2 is 1.77 bits per heavy atom. The van der Waals surface area contributed by atoms with E-state index in [9.17, 15) is 27.6 Å². The van der Waals surface area contributed by atoms with Gasteiger partial charge in [0.1, 0.15) is 0 Å². The highest BCUT2D eigenvalue weighted by Gasteiger charge is 2.38. The SMILES string of the molecule is O=C(O)C(F)(F)F.O=C(O)CCSSCCNC(=O)c1ccc2c(c1)C(=O)OCC2. The van der Waals surface area contributed by atoms with E-state index >= 15 is 0 Å². The van der Waals surface area contributed by atoms with Gasteiger partial charge < -0.3 is 20.3 Å². The monoisotopic (exact) mass is 469 g/mol. The molecule has 0 fully saturated rings. The van der Waals surface area contributed by atoms with E-state index in [0.29, 0.717) is 42.2 Å². The lowest BCUT2D eigenvalue weighted by molar-refractivity contribution is -0.192. The van der Waals surface area contributed by atoms with Crippen LogP contribution in [0.1, 0.15) is 32.7 Å². The third-order valence-corrected chi connectivity index (χ3v) is 5.80. The first-order valence-electron chi connectivity index (χ1n) is 8.37. The molecular weight excluding hydrogens is 451 g/mol. The first kappa shape index (κ1) is 25.6. The lowest BCUT2D eigenvalue weighted by Crippen LogP contribution is -2.26. The molecule has 1 aromatic rings. The Balaban J connectivity index is 0.000000553. The van der Waals surface area contributed by atoms with E-state index in [2.05, 4.69) is 5.32 Å². The van der Waals surface area contributed by atoms with Crippen LogP contribution in [-0.2, 0) is 20.7 Å². The van der Waals surface area contributed by atoms with Crippen molar-refractivity contribution in [3.8, 4) is 0 Å². The van der Waals surface area contributed by atoms with E-state index in [1.54, 1.807) is 18.2 Å². The number of benzene rings is 1. The molecule has 0 saturated heterocycles. The van der Waals surface area contributed by atoms with Crippen LogP contribution in [0, 0.1) is 0 Å². The van der Waals surface area contributed by atoms with Gasteiger partial charge in [-0.05, 0) is 17.7 Å². The van der Waals surface area contributed by atoms with Crippen molar-refractivity contribution in [2.45, 2.75) is 19.0 Å². The maximum Gasteiger partial charge on any atom is 0.490 e. The first-order chi connectivity index (χ1) is 14.0. The van der Waals surface area contributed by atoms with Crippen molar-refractivity contribution in [1.29, 1.82) is 0 Å². The van der Waals surface area contributed by atoms with E-state index in [1.165, 1.54) is 21.6 Å². The van der Waals surface area contributed by atoms with Crippen LogP contribution >= 0.6 is 21.6 Å². The number of hydrogen-bond acceptors (Lipinski definition) is 7. The van der Waals surface area contributed by atoms with Gasteiger partial charge in [-0.2, -0.15) is 13.2 Å². The summed E-state index contributed by atoms with van der Waals surface area (Å²) in [6.45, 7) is 0.860. The van der Waals surface area contributed by atoms with E-state index in [1.807, 2.05) is 0 Å². The Morgan fingerprint density at radius 1 is 1.13 bits per heavy atom. The molecule has 0 spiro atoms. The summed E-state index contributed by atoms with van der Waals surface area (Å²) in [7, 11) is 2.99. The van der Waals surface area contributed by atoms with Crippen molar-refractivity contribution in [3.63, 3.8) is 0 Å². The number of alkyl halides is 3. The van der Waals surface area contributed by atoms with E-state index in [4.69, 9.17) is 19.7 Å². The van der Waals surface area contributed by atoms with Gasteiger partial charge in [0.05, 0.1) is 18.6 Å². The topological polar surface area (TPSA) is 130 Å². The number of ether oxygens (including phenoxy) is 1. The number of hydrogen-bond donors (Lipinski definition) is 3. The van der Waals surface area contributed by atoms with Crippen molar-refractivity contribution in [3.05, 3.63) is 34.9 Å². The molecule has 0 unspecified atom stereocenters. The smallest absolute Gasteiger partial charge is 0.481 e. The van der Waals surface area contributed by atoms with Gasteiger partial charge >= 0.3 is 24.1 Å². The normalized spacial score (nSPS) is 12.7. The summed E-state index contributed by atoms with van der Waals surface area (Å²) >= 11 is 0. The van der Waals surface area contributed by atoms with E-state index in [-0.39, 0.29) is 18.3 Å². The van der Waals surface area contributed by atoms with Crippen LogP contribution in [0.15, 0.2) is 18.2 Å². The van der Waals surface area contributed by atoms with Gasteiger partial charge in [-0.15, -0.1) is 0 Å². The van der Waals surface area contributed by atoms with Crippen LogP contribution < -0.4 is 5.32 Å². The van der Waals surface area contributed by atoms with E-state index in [0.717, 1.165) is 5.56 Å². The zero-order valence-corrected chi connectivity index (χ0v) is 17.0. The Kier molecular flexibility index (Phi) is 10.5. The third kappa shape index (κ3) is 9.39. The van der Waals surface area contributed by atoms with Gasteiger partial charge in [0.15, 0.2) is 0 Å². The van der Waals surface area contributed by atoms with Crippen LogP contribution in [0.4, 0.5) is 13.2 Å². The molecule has 3 N–H and O–H groups in total. The Hall–Kier alpha value is -2.41. The summed E-state index contributed by atoms with van der Waals surface area (Å²) in [6, 6.07) is 5.07. The molecule has 0 saturated carbocycles. The summed E-state index contributed by atoms with van der Waals surface area (Å²) in [5.74, 6) is -2.96. The lowest BCUT2D eigenvalue weighted by atomic mass is 10.00. The molecule has 13 heteroatoms. The average molecular weight is 469 g/mol. The molecule has 166 valence electrons. The van der Waals surface area contributed by atoms with Gasteiger partial charge in [-0.25, -0.2) is 9.59 Å². The molecule has 0 atom stereocenters. The predicted octanol–water partition coefficient (Wildman–Crippen LogP) is 2.62. The second-order valence-electron chi connectivity index (χ2n) is 5.60. The highest BCUT2D eigenvalue weighted by atomic mass is 33.1. The maximum absolute atomic E-state index is 12.1.